The van der Waals surface area contributed by atoms with Crippen molar-refractivity contribution in [1.29, 1.82) is 0 Å². The fraction of sp³-hybridized carbons (Fsp3) is 0.143. The van der Waals surface area contributed by atoms with Crippen molar-refractivity contribution in [2.24, 2.45) is 0 Å². The van der Waals surface area contributed by atoms with Gasteiger partial charge in [-0.25, -0.2) is 4.39 Å². The highest BCUT2D eigenvalue weighted by Gasteiger charge is 2.09. The Morgan fingerprint density at radius 2 is 1.67 bits per heavy atom. The normalized spacial score (nSPS) is 10.1. The predicted octanol–water partition coefficient (Wildman–Crippen LogP) is 3.60. The smallest absolute Gasteiger partial charge is 0.169 e. The van der Waals surface area contributed by atoms with Crippen LogP contribution in [-0.2, 0) is 0 Å². The average Bonchev–Trinajstić information content (AvgIpc) is 2.37. The minimum Gasteiger partial charge on any atom is -0.490 e. The zero-order valence-electron chi connectivity index (χ0n) is 10.0. The summed E-state index contributed by atoms with van der Waals surface area (Å²) >= 11 is 0. The standard InChI is InChI=1S/C14H14FNO2/c1-2-17-11-7-3-4-8-12(11)18-13-9-5-6-10(15)14(13)16/h3-9H,2,16H2,1H3. The van der Waals surface area contributed by atoms with Gasteiger partial charge in [-0.05, 0) is 31.2 Å². The molecule has 0 fully saturated rings. The summed E-state index contributed by atoms with van der Waals surface area (Å²) in [6, 6.07) is 11.6. The molecule has 0 spiro atoms. The second-order valence-electron chi connectivity index (χ2n) is 3.63. The van der Waals surface area contributed by atoms with Crippen LogP contribution in [0.25, 0.3) is 0 Å². The molecule has 18 heavy (non-hydrogen) atoms. The third kappa shape index (κ3) is 2.53. The molecule has 2 rings (SSSR count). The molecule has 0 heterocycles. The first-order chi connectivity index (χ1) is 8.72. The lowest BCUT2D eigenvalue weighted by Crippen LogP contribution is -1.98. The highest BCUT2D eigenvalue weighted by atomic mass is 19.1. The maximum atomic E-state index is 13.3. The van der Waals surface area contributed by atoms with E-state index in [2.05, 4.69) is 0 Å². The Hall–Kier alpha value is -2.23. The Balaban J connectivity index is 2.31. The third-order valence-electron chi connectivity index (χ3n) is 2.38. The fourth-order valence-corrected chi connectivity index (χ4v) is 1.53. The quantitative estimate of drug-likeness (QED) is 0.839. The largest absolute Gasteiger partial charge is 0.490 e. The lowest BCUT2D eigenvalue weighted by Gasteiger charge is -2.12. The summed E-state index contributed by atoms with van der Waals surface area (Å²) < 4.78 is 24.3. The molecule has 0 saturated carbocycles. The average molecular weight is 247 g/mol. The maximum absolute atomic E-state index is 13.3. The highest BCUT2D eigenvalue weighted by Crippen LogP contribution is 2.34. The second kappa shape index (κ2) is 5.40. The maximum Gasteiger partial charge on any atom is 0.169 e. The van der Waals surface area contributed by atoms with E-state index >= 15 is 0 Å². The zero-order chi connectivity index (χ0) is 13.0. The van der Waals surface area contributed by atoms with E-state index in [0.29, 0.717) is 18.1 Å². The summed E-state index contributed by atoms with van der Waals surface area (Å²) in [7, 11) is 0. The molecule has 0 atom stereocenters. The van der Waals surface area contributed by atoms with Crippen molar-refractivity contribution in [3.63, 3.8) is 0 Å². The van der Waals surface area contributed by atoms with Crippen molar-refractivity contribution < 1.29 is 13.9 Å². The number of hydrogen-bond donors (Lipinski definition) is 1. The van der Waals surface area contributed by atoms with Crippen molar-refractivity contribution >= 4 is 5.69 Å². The summed E-state index contributed by atoms with van der Waals surface area (Å²) in [5.41, 5.74) is 5.60. The first kappa shape index (κ1) is 12.2. The van der Waals surface area contributed by atoms with Gasteiger partial charge in [0.15, 0.2) is 17.2 Å². The Labute approximate surface area is 105 Å². The molecule has 0 aliphatic rings. The molecule has 3 nitrogen and oxygen atoms in total. The Bertz CT molecular complexity index is 543. The third-order valence-corrected chi connectivity index (χ3v) is 2.38. The first-order valence-electron chi connectivity index (χ1n) is 5.66. The molecule has 0 aromatic heterocycles. The Kier molecular flexibility index (Phi) is 3.67. The van der Waals surface area contributed by atoms with Crippen LogP contribution >= 0.6 is 0 Å². The van der Waals surface area contributed by atoms with Crippen LogP contribution in [-0.4, -0.2) is 6.61 Å². The summed E-state index contributed by atoms with van der Waals surface area (Å²) in [4.78, 5) is 0. The van der Waals surface area contributed by atoms with Gasteiger partial charge in [0, 0.05) is 0 Å². The van der Waals surface area contributed by atoms with Gasteiger partial charge in [0.05, 0.1) is 6.61 Å². The van der Waals surface area contributed by atoms with E-state index in [-0.39, 0.29) is 11.4 Å². The van der Waals surface area contributed by atoms with Crippen LogP contribution in [0, 0.1) is 5.82 Å². The number of benzene rings is 2. The number of halogens is 1. The van der Waals surface area contributed by atoms with Gasteiger partial charge < -0.3 is 15.2 Å². The van der Waals surface area contributed by atoms with E-state index in [1.165, 1.54) is 6.07 Å². The molecular formula is C14H14FNO2. The molecular weight excluding hydrogens is 233 g/mol. The van der Waals surface area contributed by atoms with Crippen molar-refractivity contribution in [3.05, 3.63) is 48.3 Å². The molecule has 0 saturated heterocycles. The number of nitrogen functional groups attached to an aromatic ring is 1. The van der Waals surface area contributed by atoms with E-state index in [1.807, 2.05) is 19.1 Å². The number of hydrogen-bond acceptors (Lipinski definition) is 3. The SMILES string of the molecule is CCOc1ccccc1Oc1cccc(F)c1N. The molecule has 0 unspecified atom stereocenters. The molecule has 2 aromatic carbocycles. The predicted molar refractivity (Wildman–Crippen MR) is 68.5 cm³/mol. The summed E-state index contributed by atoms with van der Waals surface area (Å²) in [5, 5.41) is 0. The minimum absolute atomic E-state index is 0.0104. The number of para-hydroxylation sites is 3. The summed E-state index contributed by atoms with van der Waals surface area (Å²) in [5.74, 6) is 0.892. The fourth-order valence-electron chi connectivity index (χ4n) is 1.53. The lowest BCUT2D eigenvalue weighted by molar-refractivity contribution is 0.321. The van der Waals surface area contributed by atoms with Crippen LogP contribution in [0.2, 0.25) is 0 Å². The summed E-state index contributed by atoms with van der Waals surface area (Å²) in [6.45, 7) is 2.41. The van der Waals surface area contributed by atoms with Crippen LogP contribution in [0.5, 0.6) is 17.2 Å². The molecule has 94 valence electrons. The van der Waals surface area contributed by atoms with E-state index in [1.54, 1.807) is 24.3 Å². The molecule has 0 bridgehead atoms. The van der Waals surface area contributed by atoms with Gasteiger partial charge in [-0.3, -0.25) is 0 Å². The van der Waals surface area contributed by atoms with Crippen LogP contribution in [0.1, 0.15) is 6.92 Å². The van der Waals surface area contributed by atoms with Gasteiger partial charge in [-0.15, -0.1) is 0 Å². The second-order valence-corrected chi connectivity index (χ2v) is 3.63. The molecule has 4 heteroatoms. The zero-order valence-corrected chi connectivity index (χ0v) is 10.0. The number of ether oxygens (including phenoxy) is 2. The van der Waals surface area contributed by atoms with Gasteiger partial charge in [0.2, 0.25) is 0 Å². The van der Waals surface area contributed by atoms with Gasteiger partial charge in [-0.1, -0.05) is 18.2 Å². The van der Waals surface area contributed by atoms with Crippen molar-refractivity contribution in [2.75, 3.05) is 12.3 Å². The number of nitrogens with two attached hydrogens (primary N) is 1. The van der Waals surface area contributed by atoms with Gasteiger partial charge >= 0.3 is 0 Å². The van der Waals surface area contributed by atoms with E-state index in [9.17, 15) is 4.39 Å². The molecule has 0 aliphatic heterocycles. The molecule has 2 aromatic rings. The summed E-state index contributed by atoms with van der Waals surface area (Å²) in [6.07, 6.45) is 0. The topological polar surface area (TPSA) is 44.5 Å². The molecule has 0 radical (unpaired) electrons. The highest BCUT2D eigenvalue weighted by molar-refractivity contribution is 5.56. The van der Waals surface area contributed by atoms with Crippen LogP contribution in [0.3, 0.4) is 0 Å². The molecule has 0 amide bonds. The monoisotopic (exact) mass is 247 g/mol. The van der Waals surface area contributed by atoms with Crippen molar-refractivity contribution in [3.8, 4) is 17.2 Å². The van der Waals surface area contributed by atoms with E-state index in [0.717, 1.165) is 0 Å². The van der Waals surface area contributed by atoms with E-state index < -0.39 is 5.82 Å². The van der Waals surface area contributed by atoms with Crippen LogP contribution in [0.4, 0.5) is 10.1 Å². The number of rotatable bonds is 4. The van der Waals surface area contributed by atoms with Crippen LogP contribution < -0.4 is 15.2 Å². The van der Waals surface area contributed by atoms with Crippen molar-refractivity contribution in [2.45, 2.75) is 6.92 Å². The lowest BCUT2D eigenvalue weighted by atomic mass is 10.2. The van der Waals surface area contributed by atoms with E-state index in [4.69, 9.17) is 15.2 Å². The Morgan fingerprint density at radius 1 is 1.00 bits per heavy atom. The Morgan fingerprint density at radius 3 is 2.39 bits per heavy atom. The van der Waals surface area contributed by atoms with Gasteiger partial charge in [0.25, 0.3) is 0 Å². The number of anilines is 1. The minimum atomic E-state index is -0.499. The first-order valence-corrected chi connectivity index (χ1v) is 5.66. The van der Waals surface area contributed by atoms with Gasteiger partial charge in [0.1, 0.15) is 11.5 Å². The van der Waals surface area contributed by atoms with Gasteiger partial charge in [-0.2, -0.15) is 0 Å². The van der Waals surface area contributed by atoms with Crippen molar-refractivity contribution in [1.82, 2.24) is 0 Å². The van der Waals surface area contributed by atoms with Crippen LogP contribution in [0.15, 0.2) is 42.5 Å². The molecule has 0 aliphatic carbocycles. The molecule has 2 N–H and O–H groups in total.